The standard InChI is InChI=1S/C38H51IN10OS/c1-7-27-25-42-38(43-37(27)49(39)31-11-10-30-35(41-15-14-40-30)36(31)46(4)51-6)45(3)33-23-28(22-26-8-9-26)32(24-34(33)50-5)48-16-12-29(13-17-48)47-20-18-44(2)19-21-47/h10-11,14-15,23-26,29H,7-9,12-13,16-22H2,1-6H3. The zero-order valence-electron chi connectivity index (χ0n) is 30.8. The predicted molar refractivity (Wildman–Crippen MR) is 221 cm³/mol. The van der Waals surface area contributed by atoms with Gasteiger partial charge in [-0.25, -0.2) is 4.98 Å². The van der Waals surface area contributed by atoms with Gasteiger partial charge in [-0.15, -0.1) is 0 Å². The molecule has 4 heterocycles. The van der Waals surface area contributed by atoms with Gasteiger partial charge >= 0.3 is 0 Å². The van der Waals surface area contributed by atoms with Gasteiger partial charge in [-0.2, -0.15) is 4.98 Å². The Labute approximate surface area is 321 Å². The van der Waals surface area contributed by atoms with Crippen molar-refractivity contribution in [3.05, 3.63) is 54.0 Å². The molecule has 1 aliphatic carbocycles. The summed E-state index contributed by atoms with van der Waals surface area (Å²) in [4.78, 5) is 29.3. The monoisotopic (exact) mass is 822 g/mol. The first-order valence-electron chi connectivity index (χ1n) is 18.2. The molecular weight excluding hydrogens is 771 g/mol. The normalized spacial score (nSPS) is 17.6. The van der Waals surface area contributed by atoms with E-state index in [9.17, 15) is 0 Å². The summed E-state index contributed by atoms with van der Waals surface area (Å²) in [5, 5.41) is 0. The lowest BCUT2D eigenvalue weighted by Gasteiger charge is -2.43. The smallest absolute Gasteiger partial charge is 0.231 e. The third kappa shape index (κ3) is 7.67. The summed E-state index contributed by atoms with van der Waals surface area (Å²) in [6.45, 7) is 9.04. The lowest BCUT2D eigenvalue weighted by atomic mass is 9.98. The molecule has 4 aromatic rings. The molecule has 0 radical (unpaired) electrons. The fourth-order valence-electron chi connectivity index (χ4n) is 7.54. The van der Waals surface area contributed by atoms with Gasteiger partial charge in [-0.05, 0) is 75.3 Å². The van der Waals surface area contributed by atoms with Crippen LogP contribution in [0.25, 0.3) is 11.0 Å². The average Bonchev–Trinajstić information content (AvgIpc) is 4.00. The molecule has 272 valence electrons. The van der Waals surface area contributed by atoms with Crippen LogP contribution < -0.4 is 22.0 Å². The SMILES string of the molecule is CCc1cnc(N(C)c2cc(CC3CC3)c(N3CCC(N4CCN(C)CC4)CC3)cc2OC)nc1N(I)c1ccc2nccnc2c1N(C)SC. The van der Waals surface area contributed by atoms with Gasteiger partial charge < -0.3 is 23.7 Å². The van der Waals surface area contributed by atoms with Crippen molar-refractivity contribution in [2.75, 3.05) is 91.0 Å². The number of ether oxygens (including phenoxy) is 1. The fraction of sp³-hybridized carbons (Fsp3) is 0.526. The first kappa shape index (κ1) is 36.2. The van der Waals surface area contributed by atoms with E-state index in [1.54, 1.807) is 31.5 Å². The maximum atomic E-state index is 6.14. The van der Waals surface area contributed by atoms with Crippen LogP contribution in [0.2, 0.25) is 0 Å². The number of piperazine rings is 1. The largest absolute Gasteiger partial charge is 0.494 e. The minimum atomic E-state index is 0.626. The van der Waals surface area contributed by atoms with Gasteiger partial charge in [0.2, 0.25) is 5.95 Å². The number of hydrogen-bond acceptors (Lipinski definition) is 12. The first-order valence-corrected chi connectivity index (χ1v) is 20.4. The minimum absolute atomic E-state index is 0.626. The van der Waals surface area contributed by atoms with Crippen LogP contribution in [0.3, 0.4) is 0 Å². The van der Waals surface area contributed by atoms with E-state index in [1.165, 1.54) is 63.1 Å². The Morgan fingerprint density at radius 1 is 0.922 bits per heavy atom. The summed E-state index contributed by atoms with van der Waals surface area (Å²) < 4.78 is 10.4. The third-order valence-electron chi connectivity index (χ3n) is 10.9. The van der Waals surface area contributed by atoms with E-state index in [0.717, 1.165) is 77.1 Å². The highest BCUT2D eigenvalue weighted by Gasteiger charge is 2.31. The molecule has 0 unspecified atom stereocenters. The predicted octanol–water partition coefficient (Wildman–Crippen LogP) is 7.13. The van der Waals surface area contributed by atoms with Crippen LogP contribution in [0, 0.1) is 5.92 Å². The second-order valence-electron chi connectivity index (χ2n) is 14.1. The number of rotatable bonds is 12. The number of benzene rings is 2. The van der Waals surface area contributed by atoms with E-state index in [2.05, 4.69) is 107 Å². The fourth-order valence-corrected chi connectivity index (χ4v) is 8.71. The summed E-state index contributed by atoms with van der Waals surface area (Å²) in [6.07, 6.45) is 14.5. The van der Waals surface area contributed by atoms with Crippen LogP contribution in [0.5, 0.6) is 5.75 Å². The van der Waals surface area contributed by atoms with Crippen molar-refractivity contribution in [3.8, 4) is 5.75 Å². The number of anilines is 6. The van der Waals surface area contributed by atoms with Crippen molar-refractivity contribution >= 4 is 80.4 Å². The van der Waals surface area contributed by atoms with Gasteiger partial charge in [0.15, 0.2) is 5.82 Å². The number of nitrogens with zero attached hydrogens (tertiary/aromatic N) is 10. The molecule has 2 aliphatic heterocycles. The highest BCUT2D eigenvalue weighted by Crippen LogP contribution is 2.45. The maximum Gasteiger partial charge on any atom is 0.231 e. The number of hydrogen-bond donors (Lipinski definition) is 0. The van der Waals surface area contributed by atoms with Gasteiger partial charge in [0.05, 0.1) is 52.6 Å². The van der Waals surface area contributed by atoms with E-state index >= 15 is 0 Å². The Morgan fingerprint density at radius 2 is 1.67 bits per heavy atom. The molecular formula is C38H51IN10OS. The molecule has 0 atom stereocenters. The van der Waals surface area contributed by atoms with Gasteiger partial charge in [0.25, 0.3) is 0 Å². The quantitative estimate of drug-likeness (QED) is 0.0830. The Bertz CT molecular complexity index is 1830. The first-order chi connectivity index (χ1) is 24.8. The molecule has 0 bridgehead atoms. The number of aromatic nitrogens is 4. The molecule has 2 aromatic heterocycles. The summed E-state index contributed by atoms with van der Waals surface area (Å²) >= 11 is 4.01. The van der Waals surface area contributed by atoms with Crippen LogP contribution >= 0.6 is 34.8 Å². The molecule has 1 saturated carbocycles. The van der Waals surface area contributed by atoms with Gasteiger partial charge in [-0.3, -0.25) is 18.0 Å². The number of methoxy groups -OCH3 is 1. The average molecular weight is 823 g/mol. The molecule has 0 amide bonds. The Balaban J connectivity index is 1.20. The lowest BCUT2D eigenvalue weighted by molar-refractivity contribution is 0.0982. The summed E-state index contributed by atoms with van der Waals surface area (Å²) in [7, 11) is 8.14. The van der Waals surface area contributed by atoms with Crippen LogP contribution in [0.1, 0.15) is 43.7 Å². The molecule has 3 fully saturated rings. The molecule has 0 spiro atoms. The Kier molecular flexibility index (Phi) is 11.3. The second kappa shape index (κ2) is 15.8. The van der Waals surface area contributed by atoms with E-state index < -0.39 is 0 Å². The minimum Gasteiger partial charge on any atom is -0.494 e. The maximum absolute atomic E-state index is 6.14. The number of halogens is 1. The number of fused-ring (bicyclic) bond motifs is 1. The molecule has 7 rings (SSSR count). The van der Waals surface area contributed by atoms with Gasteiger partial charge in [0.1, 0.15) is 11.3 Å². The molecule has 2 aromatic carbocycles. The van der Waals surface area contributed by atoms with Gasteiger partial charge in [-0.1, -0.05) is 18.9 Å². The van der Waals surface area contributed by atoms with Crippen molar-refractivity contribution in [1.29, 1.82) is 0 Å². The zero-order chi connectivity index (χ0) is 35.6. The highest BCUT2D eigenvalue weighted by atomic mass is 127. The van der Waals surface area contributed by atoms with Crippen LogP contribution in [0.4, 0.5) is 34.5 Å². The molecule has 2 saturated heterocycles. The van der Waals surface area contributed by atoms with E-state index in [1.807, 2.05) is 12.3 Å². The van der Waals surface area contributed by atoms with Crippen molar-refractivity contribution in [2.45, 2.75) is 51.5 Å². The van der Waals surface area contributed by atoms with Crippen molar-refractivity contribution < 1.29 is 4.74 Å². The zero-order valence-corrected chi connectivity index (χ0v) is 33.8. The highest BCUT2D eigenvalue weighted by molar-refractivity contribution is 14.1. The summed E-state index contributed by atoms with van der Waals surface area (Å²) in [5.74, 6) is 3.09. The van der Waals surface area contributed by atoms with Crippen molar-refractivity contribution in [1.82, 2.24) is 29.7 Å². The topological polar surface area (TPSA) is 80.2 Å². The van der Waals surface area contributed by atoms with E-state index in [-0.39, 0.29) is 0 Å². The number of aryl methyl sites for hydroxylation is 1. The van der Waals surface area contributed by atoms with Crippen LogP contribution in [0.15, 0.2) is 42.9 Å². The van der Waals surface area contributed by atoms with Crippen LogP contribution in [-0.2, 0) is 12.8 Å². The third-order valence-corrected chi connectivity index (χ3v) is 12.6. The van der Waals surface area contributed by atoms with Gasteiger partial charge in [0, 0.05) is 102 Å². The summed E-state index contributed by atoms with van der Waals surface area (Å²) in [5.41, 5.74) is 8.49. The van der Waals surface area contributed by atoms with E-state index in [4.69, 9.17) is 19.7 Å². The number of piperidine rings is 1. The van der Waals surface area contributed by atoms with Crippen molar-refractivity contribution in [3.63, 3.8) is 0 Å². The molecule has 0 N–H and O–H groups in total. The Hall–Kier alpha value is -3.14. The molecule has 11 nitrogen and oxygen atoms in total. The summed E-state index contributed by atoms with van der Waals surface area (Å²) in [6, 6.07) is 9.46. The van der Waals surface area contributed by atoms with E-state index in [0.29, 0.717) is 12.0 Å². The molecule has 51 heavy (non-hydrogen) atoms. The second-order valence-corrected chi connectivity index (χ2v) is 16.0. The number of likely N-dealkylation sites (N-methyl/N-ethyl adjacent to an activating group) is 1. The molecule has 13 heteroatoms. The molecule has 3 aliphatic rings. The van der Waals surface area contributed by atoms with Crippen molar-refractivity contribution in [2.24, 2.45) is 5.92 Å². The Morgan fingerprint density at radius 3 is 2.35 bits per heavy atom. The lowest BCUT2D eigenvalue weighted by Crippen LogP contribution is -2.52. The van der Waals surface area contributed by atoms with Crippen LogP contribution in [-0.4, -0.2) is 110 Å².